The largest absolute Gasteiger partial charge is 0.493 e. The number of benzene rings is 1. The van der Waals surface area contributed by atoms with E-state index in [1.165, 1.54) is 4.88 Å². The van der Waals surface area contributed by atoms with Gasteiger partial charge in [-0.25, -0.2) is 0 Å². The summed E-state index contributed by atoms with van der Waals surface area (Å²) in [5, 5.41) is 9.73. The Bertz CT molecular complexity index is 819. The van der Waals surface area contributed by atoms with Gasteiger partial charge in [0.25, 0.3) is 0 Å². The minimum atomic E-state index is -0.787. The van der Waals surface area contributed by atoms with Gasteiger partial charge in [-0.05, 0) is 44.0 Å². The summed E-state index contributed by atoms with van der Waals surface area (Å²) in [6.45, 7) is 2.77. The first-order chi connectivity index (χ1) is 13.0. The first-order valence-corrected chi connectivity index (χ1v) is 9.67. The Balaban J connectivity index is 2.18. The van der Waals surface area contributed by atoms with Crippen molar-refractivity contribution in [1.29, 1.82) is 0 Å². The Hall–Kier alpha value is -2.25. The Labute approximate surface area is 163 Å². The van der Waals surface area contributed by atoms with Crippen molar-refractivity contribution < 1.29 is 24.1 Å². The lowest BCUT2D eigenvalue weighted by atomic mass is 10.00. The molecule has 0 bridgehead atoms. The zero-order valence-corrected chi connectivity index (χ0v) is 16.8. The molecule has 2 atom stereocenters. The van der Waals surface area contributed by atoms with Crippen molar-refractivity contribution >= 4 is 17.3 Å². The van der Waals surface area contributed by atoms with Crippen molar-refractivity contribution in [3.63, 3.8) is 0 Å². The third-order valence-corrected chi connectivity index (χ3v) is 6.02. The SMILES string of the molecule is COc1ccc(C(c2ccc(C)s2)N2CCCC2C(=O)O)c(OC)c1OC. The van der Waals surface area contributed by atoms with E-state index in [0.29, 0.717) is 23.7 Å². The Kier molecular flexibility index (Phi) is 5.92. The van der Waals surface area contributed by atoms with Crippen LogP contribution in [-0.2, 0) is 4.79 Å². The van der Waals surface area contributed by atoms with Crippen LogP contribution in [0, 0.1) is 6.92 Å². The van der Waals surface area contributed by atoms with Gasteiger partial charge >= 0.3 is 5.97 Å². The summed E-state index contributed by atoms with van der Waals surface area (Å²) in [6, 6.07) is 7.18. The lowest BCUT2D eigenvalue weighted by molar-refractivity contribution is -0.142. The fraction of sp³-hybridized carbons (Fsp3) is 0.450. The maximum absolute atomic E-state index is 11.8. The molecule has 0 aliphatic carbocycles. The first-order valence-electron chi connectivity index (χ1n) is 8.85. The van der Waals surface area contributed by atoms with Crippen molar-refractivity contribution in [2.24, 2.45) is 0 Å². The molecule has 1 saturated heterocycles. The number of carboxylic acids is 1. The number of aryl methyl sites for hydroxylation is 1. The molecule has 1 fully saturated rings. The number of hydrogen-bond acceptors (Lipinski definition) is 6. The van der Waals surface area contributed by atoms with E-state index in [4.69, 9.17) is 14.2 Å². The molecule has 2 heterocycles. The molecule has 1 N–H and O–H groups in total. The highest BCUT2D eigenvalue weighted by atomic mass is 32.1. The molecule has 2 aromatic rings. The molecule has 2 unspecified atom stereocenters. The number of carboxylic acid groups (broad SMARTS) is 1. The van der Waals surface area contributed by atoms with Crippen LogP contribution in [0.25, 0.3) is 0 Å². The number of ether oxygens (including phenoxy) is 3. The number of hydrogen-bond donors (Lipinski definition) is 1. The minimum absolute atomic E-state index is 0.220. The lowest BCUT2D eigenvalue weighted by Crippen LogP contribution is -2.39. The van der Waals surface area contributed by atoms with E-state index in [-0.39, 0.29) is 6.04 Å². The van der Waals surface area contributed by atoms with Crippen molar-refractivity contribution in [2.75, 3.05) is 27.9 Å². The van der Waals surface area contributed by atoms with Crippen molar-refractivity contribution in [1.82, 2.24) is 4.90 Å². The lowest BCUT2D eigenvalue weighted by Gasteiger charge is -2.32. The maximum Gasteiger partial charge on any atom is 0.320 e. The number of methoxy groups -OCH3 is 3. The molecule has 1 aliphatic rings. The minimum Gasteiger partial charge on any atom is -0.493 e. The topological polar surface area (TPSA) is 68.2 Å². The van der Waals surface area contributed by atoms with Crippen LogP contribution in [0.2, 0.25) is 0 Å². The van der Waals surface area contributed by atoms with Gasteiger partial charge in [0.05, 0.1) is 27.4 Å². The third-order valence-electron chi connectivity index (χ3n) is 4.97. The van der Waals surface area contributed by atoms with Crippen LogP contribution < -0.4 is 14.2 Å². The predicted molar refractivity (Wildman–Crippen MR) is 104 cm³/mol. The molecule has 0 spiro atoms. The second-order valence-corrected chi connectivity index (χ2v) is 7.83. The highest BCUT2D eigenvalue weighted by Crippen LogP contribution is 2.47. The van der Waals surface area contributed by atoms with Gasteiger partial charge in [-0.15, -0.1) is 11.3 Å². The van der Waals surface area contributed by atoms with Crippen LogP contribution in [0.4, 0.5) is 0 Å². The summed E-state index contributed by atoms with van der Waals surface area (Å²) in [5.74, 6) is 0.881. The van der Waals surface area contributed by atoms with Crippen LogP contribution in [0.1, 0.15) is 34.2 Å². The van der Waals surface area contributed by atoms with Gasteiger partial charge in [0.1, 0.15) is 6.04 Å². The predicted octanol–water partition coefficient (Wildman–Crippen LogP) is 3.72. The molecule has 6 nitrogen and oxygen atoms in total. The van der Waals surface area contributed by atoms with Crippen LogP contribution in [-0.4, -0.2) is 49.9 Å². The number of likely N-dealkylation sites (tertiary alicyclic amines) is 1. The van der Waals surface area contributed by atoms with E-state index < -0.39 is 12.0 Å². The highest BCUT2D eigenvalue weighted by molar-refractivity contribution is 7.12. The number of rotatable bonds is 7. The molecule has 0 amide bonds. The third kappa shape index (κ3) is 3.61. The van der Waals surface area contributed by atoms with Gasteiger partial charge in [-0.3, -0.25) is 9.69 Å². The van der Waals surface area contributed by atoms with Gasteiger partial charge in [0.15, 0.2) is 11.5 Å². The Morgan fingerprint density at radius 3 is 2.44 bits per heavy atom. The van der Waals surface area contributed by atoms with Gasteiger partial charge in [-0.1, -0.05) is 0 Å². The number of thiophene rings is 1. The van der Waals surface area contributed by atoms with E-state index in [0.717, 1.165) is 23.4 Å². The van der Waals surface area contributed by atoms with Crippen LogP contribution in [0.15, 0.2) is 24.3 Å². The first kappa shape index (κ1) is 19.5. The number of aliphatic carboxylic acids is 1. The zero-order chi connectivity index (χ0) is 19.6. The van der Waals surface area contributed by atoms with Crippen LogP contribution in [0.5, 0.6) is 17.2 Å². The molecular weight excluding hydrogens is 366 g/mol. The second-order valence-electron chi connectivity index (χ2n) is 6.51. The molecule has 7 heteroatoms. The quantitative estimate of drug-likeness (QED) is 0.776. The van der Waals surface area contributed by atoms with Crippen molar-refractivity contribution in [2.45, 2.75) is 31.8 Å². The summed E-state index contributed by atoms with van der Waals surface area (Å²) in [6.07, 6.45) is 1.50. The van der Waals surface area contributed by atoms with Gasteiger partial charge < -0.3 is 19.3 Å². The standard InChI is InChI=1S/C20H25NO5S/c1-12-7-10-16(27-12)17(21-11-5-6-14(21)20(22)23)13-8-9-15(24-2)19(26-4)18(13)25-3/h7-10,14,17H,5-6,11H2,1-4H3,(H,22,23). The van der Waals surface area contributed by atoms with E-state index in [2.05, 4.69) is 24.0 Å². The fourth-order valence-electron chi connectivity index (χ4n) is 3.80. The normalized spacial score (nSPS) is 18.3. The average molecular weight is 391 g/mol. The van der Waals surface area contributed by atoms with E-state index >= 15 is 0 Å². The molecule has 1 aliphatic heterocycles. The summed E-state index contributed by atoms with van der Waals surface area (Å²) in [7, 11) is 4.75. The van der Waals surface area contributed by atoms with Crippen LogP contribution in [0.3, 0.4) is 0 Å². The van der Waals surface area contributed by atoms with Gasteiger partial charge in [0, 0.05) is 21.9 Å². The molecule has 0 radical (unpaired) electrons. The van der Waals surface area contributed by atoms with Gasteiger partial charge in [0.2, 0.25) is 5.75 Å². The van der Waals surface area contributed by atoms with Crippen LogP contribution >= 0.6 is 11.3 Å². The number of nitrogens with zero attached hydrogens (tertiary/aromatic N) is 1. The summed E-state index contributed by atoms with van der Waals surface area (Å²) in [5.41, 5.74) is 0.880. The summed E-state index contributed by atoms with van der Waals surface area (Å²) < 4.78 is 16.6. The molecule has 0 saturated carbocycles. The smallest absolute Gasteiger partial charge is 0.320 e. The fourth-order valence-corrected chi connectivity index (χ4v) is 4.82. The van der Waals surface area contributed by atoms with E-state index in [9.17, 15) is 9.90 Å². The maximum atomic E-state index is 11.8. The van der Waals surface area contributed by atoms with Crippen molar-refractivity contribution in [3.05, 3.63) is 39.6 Å². The number of carbonyl (C=O) groups is 1. The molecule has 27 heavy (non-hydrogen) atoms. The van der Waals surface area contributed by atoms with Gasteiger partial charge in [-0.2, -0.15) is 0 Å². The van der Waals surface area contributed by atoms with E-state index in [1.807, 2.05) is 12.1 Å². The summed E-state index contributed by atoms with van der Waals surface area (Å²) in [4.78, 5) is 16.2. The Morgan fingerprint density at radius 2 is 1.89 bits per heavy atom. The Morgan fingerprint density at radius 1 is 1.15 bits per heavy atom. The molecule has 146 valence electrons. The highest BCUT2D eigenvalue weighted by Gasteiger charge is 2.39. The summed E-state index contributed by atoms with van der Waals surface area (Å²) >= 11 is 1.67. The molecule has 3 rings (SSSR count). The second kappa shape index (κ2) is 8.19. The monoisotopic (exact) mass is 391 g/mol. The average Bonchev–Trinajstić information content (AvgIpc) is 3.31. The zero-order valence-electron chi connectivity index (χ0n) is 16.0. The molecule has 1 aromatic heterocycles. The molecular formula is C20H25NO5S. The van der Waals surface area contributed by atoms with E-state index in [1.54, 1.807) is 32.7 Å². The van der Waals surface area contributed by atoms with Crippen molar-refractivity contribution in [3.8, 4) is 17.2 Å². The molecule has 1 aromatic carbocycles.